The summed E-state index contributed by atoms with van der Waals surface area (Å²) in [5, 5.41) is 3.20. The molecular weight excluding hydrogens is 442 g/mol. The Kier molecular flexibility index (Phi) is 6.28. The molecule has 2 rings (SSSR count). The minimum Gasteiger partial charge on any atom is -0.494 e. The van der Waals surface area contributed by atoms with Crippen LogP contribution in [0.5, 0.6) is 17.2 Å². The molecule has 1 N–H and O–H groups in total. The standard InChI is InChI=1S/C17H15Br2NO4/c1-4-15(21)24-14-7-5-6-13(22-2)16(14)20-10-8-11(18)17(23-3)12(19)9-10/h4-9,20H,1H2,2-3H3. The van der Waals surface area contributed by atoms with E-state index in [9.17, 15) is 4.79 Å². The third-order valence-corrected chi connectivity index (χ3v) is 4.23. The van der Waals surface area contributed by atoms with Gasteiger partial charge in [-0.1, -0.05) is 12.6 Å². The number of rotatable bonds is 6. The van der Waals surface area contributed by atoms with Crippen molar-refractivity contribution in [2.45, 2.75) is 0 Å². The fourth-order valence-electron chi connectivity index (χ4n) is 2.01. The molecule has 0 heterocycles. The van der Waals surface area contributed by atoms with Crippen molar-refractivity contribution in [3.63, 3.8) is 0 Å². The quantitative estimate of drug-likeness (QED) is 0.374. The molecule has 0 aliphatic carbocycles. The number of halogens is 2. The van der Waals surface area contributed by atoms with Crippen LogP contribution in [0.1, 0.15) is 0 Å². The molecule has 0 spiro atoms. The number of nitrogens with one attached hydrogen (secondary N) is 1. The monoisotopic (exact) mass is 455 g/mol. The molecule has 0 radical (unpaired) electrons. The number of hydrogen-bond acceptors (Lipinski definition) is 5. The highest BCUT2D eigenvalue weighted by atomic mass is 79.9. The third kappa shape index (κ3) is 4.10. The molecule has 0 unspecified atom stereocenters. The van der Waals surface area contributed by atoms with Gasteiger partial charge < -0.3 is 19.5 Å². The number of anilines is 2. The Morgan fingerprint density at radius 1 is 1.12 bits per heavy atom. The van der Waals surface area contributed by atoms with Crippen LogP contribution >= 0.6 is 31.9 Å². The minimum atomic E-state index is -0.552. The predicted octanol–water partition coefficient (Wildman–Crippen LogP) is 5.06. The summed E-state index contributed by atoms with van der Waals surface area (Å²) in [6.07, 6.45) is 1.10. The van der Waals surface area contributed by atoms with E-state index in [1.165, 1.54) is 0 Å². The molecule has 2 aromatic rings. The zero-order valence-corrected chi connectivity index (χ0v) is 16.2. The first-order chi connectivity index (χ1) is 11.5. The zero-order chi connectivity index (χ0) is 17.7. The number of ether oxygens (including phenoxy) is 3. The van der Waals surface area contributed by atoms with Crippen molar-refractivity contribution in [2.75, 3.05) is 19.5 Å². The molecule has 24 heavy (non-hydrogen) atoms. The van der Waals surface area contributed by atoms with Gasteiger partial charge in [0.15, 0.2) is 5.75 Å². The minimum absolute atomic E-state index is 0.335. The maximum atomic E-state index is 11.5. The molecule has 2 aromatic carbocycles. The SMILES string of the molecule is C=CC(=O)Oc1cccc(OC)c1Nc1cc(Br)c(OC)c(Br)c1. The third-order valence-electron chi connectivity index (χ3n) is 3.06. The molecule has 0 atom stereocenters. The number of para-hydroxylation sites is 1. The number of carbonyl (C=O) groups excluding carboxylic acids is 1. The van der Waals surface area contributed by atoms with Crippen molar-refractivity contribution in [3.8, 4) is 17.2 Å². The van der Waals surface area contributed by atoms with Crippen molar-refractivity contribution in [3.05, 3.63) is 51.9 Å². The molecule has 0 bridgehead atoms. The van der Waals surface area contributed by atoms with Gasteiger partial charge in [0.2, 0.25) is 0 Å². The molecular formula is C17H15Br2NO4. The second-order valence-electron chi connectivity index (χ2n) is 4.56. The van der Waals surface area contributed by atoms with Crippen LogP contribution in [0.4, 0.5) is 11.4 Å². The normalized spacial score (nSPS) is 10.0. The number of hydrogen-bond donors (Lipinski definition) is 1. The smallest absolute Gasteiger partial charge is 0.335 e. The number of carbonyl (C=O) groups is 1. The molecule has 0 fully saturated rings. The summed E-state index contributed by atoms with van der Waals surface area (Å²) in [4.78, 5) is 11.5. The highest BCUT2D eigenvalue weighted by Gasteiger charge is 2.15. The average molecular weight is 457 g/mol. The van der Waals surface area contributed by atoms with E-state index in [0.717, 1.165) is 20.7 Å². The lowest BCUT2D eigenvalue weighted by atomic mass is 10.2. The Balaban J connectivity index is 2.44. The van der Waals surface area contributed by atoms with Gasteiger partial charge >= 0.3 is 5.97 Å². The molecule has 0 aliphatic rings. The van der Waals surface area contributed by atoms with Gasteiger partial charge in [-0.3, -0.25) is 0 Å². The molecule has 0 amide bonds. The van der Waals surface area contributed by atoms with E-state index in [0.29, 0.717) is 22.9 Å². The summed E-state index contributed by atoms with van der Waals surface area (Å²) < 4.78 is 17.4. The lowest BCUT2D eigenvalue weighted by molar-refractivity contribution is -0.128. The largest absolute Gasteiger partial charge is 0.494 e. The van der Waals surface area contributed by atoms with Crippen molar-refractivity contribution >= 4 is 49.2 Å². The van der Waals surface area contributed by atoms with Crippen LogP contribution < -0.4 is 19.5 Å². The van der Waals surface area contributed by atoms with Crippen LogP contribution in [0, 0.1) is 0 Å². The maximum Gasteiger partial charge on any atom is 0.335 e. The second-order valence-corrected chi connectivity index (χ2v) is 6.27. The summed E-state index contributed by atoms with van der Waals surface area (Å²) >= 11 is 6.90. The van der Waals surface area contributed by atoms with Crippen LogP contribution in [0.15, 0.2) is 51.9 Å². The highest BCUT2D eigenvalue weighted by molar-refractivity contribution is 9.11. The number of esters is 1. The van der Waals surface area contributed by atoms with Gasteiger partial charge in [-0.15, -0.1) is 0 Å². The first kappa shape index (κ1) is 18.4. The van der Waals surface area contributed by atoms with Gasteiger partial charge in [0.25, 0.3) is 0 Å². The van der Waals surface area contributed by atoms with Gasteiger partial charge in [0.05, 0.1) is 23.2 Å². The molecule has 0 aromatic heterocycles. The van der Waals surface area contributed by atoms with Gasteiger partial charge in [-0.2, -0.15) is 0 Å². The molecule has 7 heteroatoms. The Bertz CT molecular complexity index is 754. The van der Waals surface area contributed by atoms with E-state index in [-0.39, 0.29) is 0 Å². The van der Waals surface area contributed by atoms with E-state index >= 15 is 0 Å². The Morgan fingerprint density at radius 3 is 2.29 bits per heavy atom. The molecule has 0 saturated heterocycles. The summed E-state index contributed by atoms with van der Waals surface area (Å²) in [5.74, 6) is 0.997. The van der Waals surface area contributed by atoms with Gasteiger partial charge in [-0.05, 0) is 56.1 Å². The fraction of sp³-hybridized carbons (Fsp3) is 0.118. The van der Waals surface area contributed by atoms with Crippen LogP contribution in [0.3, 0.4) is 0 Å². The Morgan fingerprint density at radius 2 is 1.75 bits per heavy atom. The van der Waals surface area contributed by atoms with E-state index in [2.05, 4.69) is 43.8 Å². The van der Waals surface area contributed by atoms with Crippen molar-refractivity contribution in [1.82, 2.24) is 0 Å². The summed E-state index contributed by atoms with van der Waals surface area (Å²) in [6.45, 7) is 3.40. The van der Waals surface area contributed by atoms with Crippen LogP contribution in [-0.4, -0.2) is 20.2 Å². The van der Waals surface area contributed by atoms with E-state index in [1.807, 2.05) is 12.1 Å². The van der Waals surface area contributed by atoms with Gasteiger partial charge in [-0.25, -0.2) is 4.79 Å². The lowest BCUT2D eigenvalue weighted by Gasteiger charge is -2.16. The molecule has 5 nitrogen and oxygen atoms in total. The van der Waals surface area contributed by atoms with E-state index in [4.69, 9.17) is 14.2 Å². The first-order valence-electron chi connectivity index (χ1n) is 6.81. The van der Waals surface area contributed by atoms with E-state index in [1.54, 1.807) is 32.4 Å². The van der Waals surface area contributed by atoms with E-state index < -0.39 is 5.97 Å². The lowest BCUT2D eigenvalue weighted by Crippen LogP contribution is -2.06. The van der Waals surface area contributed by atoms with Crippen molar-refractivity contribution in [1.29, 1.82) is 0 Å². The molecule has 0 aliphatic heterocycles. The van der Waals surface area contributed by atoms with Crippen LogP contribution in [-0.2, 0) is 4.79 Å². The number of methoxy groups -OCH3 is 2. The predicted molar refractivity (Wildman–Crippen MR) is 101 cm³/mol. The maximum absolute atomic E-state index is 11.5. The van der Waals surface area contributed by atoms with Crippen molar-refractivity contribution < 1.29 is 19.0 Å². The van der Waals surface area contributed by atoms with Gasteiger partial charge in [0.1, 0.15) is 17.2 Å². The topological polar surface area (TPSA) is 56.8 Å². The van der Waals surface area contributed by atoms with Crippen LogP contribution in [0.25, 0.3) is 0 Å². The summed E-state index contributed by atoms with van der Waals surface area (Å²) in [5.41, 5.74) is 1.27. The van der Waals surface area contributed by atoms with Crippen molar-refractivity contribution in [2.24, 2.45) is 0 Å². The van der Waals surface area contributed by atoms with Gasteiger partial charge in [0, 0.05) is 11.8 Å². The molecule has 0 saturated carbocycles. The molecule has 126 valence electrons. The summed E-state index contributed by atoms with van der Waals surface area (Å²) in [7, 11) is 3.13. The average Bonchev–Trinajstić information content (AvgIpc) is 2.56. The second kappa shape index (κ2) is 8.21. The van der Waals surface area contributed by atoms with Crippen LogP contribution in [0.2, 0.25) is 0 Å². The number of benzene rings is 2. The highest BCUT2D eigenvalue weighted by Crippen LogP contribution is 2.41. The Hall–Kier alpha value is -1.99. The first-order valence-corrected chi connectivity index (χ1v) is 8.40. The summed E-state index contributed by atoms with van der Waals surface area (Å²) in [6, 6.07) is 8.85. The Labute approximate surface area is 156 Å². The fourth-order valence-corrected chi connectivity index (χ4v) is 3.52. The zero-order valence-electron chi connectivity index (χ0n) is 13.1.